The third-order valence-electron chi connectivity index (χ3n) is 9.56. The second kappa shape index (κ2) is 28.5. The lowest BCUT2D eigenvalue weighted by Crippen LogP contribution is -2.48. The highest BCUT2D eigenvalue weighted by molar-refractivity contribution is 7.80. The zero-order valence-corrected chi connectivity index (χ0v) is 34.8. The summed E-state index contributed by atoms with van der Waals surface area (Å²) in [7, 11) is 0. The number of unbranched alkanes of at least 4 members (excludes halogenated alkanes) is 3. The van der Waals surface area contributed by atoms with Crippen molar-refractivity contribution in [1.82, 2.24) is 47.5 Å². The fourth-order valence-corrected chi connectivity index (χ4v) is 6.50. The van der Waals surface area contributed by atoms with Gasteiger partial charge < -0.3 is 58.1 Å². The highest BCUT2D eigenvalue weighted by Crippen LogP contribution is 2.12. The van der Waals surface area contributed by atoms with E-state index in [4.69, 9.17) is 23.2 Å². The molecule has 2 aromatic carbocycles. The van der Waals surface area contributed by atoms with E-state index in [2.05, 4.69) is 54.7 Å². The highest BCUT2D eigenvalue weighted by Gasteiger charge is 2.22. The molecule has 4 amide bonds. The molecule has 20 heteroatoms. The van der Waals surface area contributed by atoms with Crippen molar-refractivity contribution in [3.05, 3.63) is 65.5 Å². The van der Waals surface area contributed by atoms with Crippen LogP contribution in [0.3, 0.4) is 0 Å². The zero-order chi connectivity index (χ0) is 43.5. The van der Waals surface area contributed by atoms with Crippen LogP contribution in [0.1, 0.15) is 56.1 Å². The molecule has 3 atom stereocenters. The number of carboxylic acids is 2. The number of benzene rings is 2. The van der Waals surface area contributed by atoms with Gasteiger partial charge in [0, 0.05) is 83.5 Å². The molecule has 1 aliphatic rings. The average molecular weight is 860 g/mol. The monoisotopic (exact) mass is 859 g/mol. The minimum Gasteiger partial charge on any atom is -0.480 e. The van der Waals surface area contributed by atoms with Gasteiger partial charge in [0.1, 0.15) is 24.4 Å². The van der Waals surface area contributed by atoms with Crippen LogP contribution in [-0.4, -0.2) is 134 Å². The molecule has 13 N–H and O–H groups in total. The molecule has 3 rings (SSSR count). The van der Waals surface area contributed by atoms with Gasteiger partial charge in [-0.05, 0) is 86.1 Å². The average Bonchev–Trinajstić information content (AvgIpc) is 3.20. The van der Waals surface area contributed by atoms with Crippen molar-refractivity contribution in [3.8, 4) is 0 Å². The van der Waals surface area contributed by atoms with E-state index in [-0.39, 0.29) is 37.8 Å². The standard InChI is InChI=1S/C40H62FN11O7S/c41-30-12-8-29(9-13-30)25-34(37(56)46-16-5-3-6-33(38(57)58)51-39(59)48-27-36(54)55)50-35(53)7-2-1-4-17-47-40(60)49-31-14-10-28(11-15-31)24-32-26-44-19-18-43-20-22-52(42)23-21-45-32/h8-15,32-34,43-45H,1-7,16-27,42H2,(H,46,56)(H,50,53)(H,54,55)(H,57,58)(H2,47,49,60)(H2,48,51,59)/t32?,33-,34-/m0/s1. The first-order valence-corrected chi connectivity index (χ1v) is 20.9. The summed E-state index contributed by atoms with van der Waals surface area (Å²) < 4.78 is 13.5. The van der Waals surface area contributed by atoms with Crippen molar-refractivity contribution in [1.29, 1.82) is 0 Å². The number of carboxylic acid groups (broad SMARTS) is 2. The second-order valence-corrected chi connectivity index (χ2v) is 15.0. The van der Waals surface area contributed by atoms with E-state index in [1.54, 1.807) is 12.1 Å². The fourth-order valence-electron chi connectivity index (χ4n) is 6.28. The fraction of sp³-hybridized carbons (Fsp3) is 0.550. The first kappa shape index (κ1) is 49.4. The number of nitrogens with zero attached hydrogens (tertiary/aromatic N) is 1. The van der Waals surface area contributed by atoms with Gasteiger partial charge in [-0.3, -0.25) is 20.2 Å². The third-order valence-corrected chi connectivity index (χ3v) is 9.81. The number of urea groups is 1. The van der Waals surface area contributed by atoms with Crippen molar-refractivity contribution >= 4 is 52.8 Å². The number of nitrogens with one attached hydrogen (secondary N) is 9. The Morgan fingerprint density at radius 1 is 0.800 bits per heavy atom. The molecule has 1 aliphatic heterocycles. The molecular formula is C40H62FN11O7S. The molecule has 1 saturated heterocycles. The van der Waals surface area contributed by atoms with Crippen LogP contribution in [0.2, 0.25) is 0 Å². The summed E-state index contributed by atoms with van der Waals surface area (Å²) in [6, 6.07) is 11.0. The molecule has 2 aromatic rings. The Balaban J connectivity index is 1.35. The van der Waals surface area contributed by atoms with E-state index < -0.39 is 48.3 Å². The Bertz CT molecular complexity index is 1640. The lowest BCUT2D eigenvalue weighted by molar-refractivity contribution is -0.139. The van der Waals surface area contributed by atoms with Gasteiger partial charge in [0.25, 0.3) is 0 Å². The lowest BCUT2D eigenvalue weighted by atomic mass is 10.0. The number of nitrogens with two attached hydrogens (primary N) is 1. The van der Waals surface area contributed by atoms with Crippen LogP contribution in [0.15, 0.2) is 48.5 Å². The smallest absolute Gasteiger partial charge is 0.326 e. The summed E-state index contributed by atoms with van der Waals surface area (Å²) >= 11 is 5.49. The predicted molar refractivity (Wildman–Crippen MR) is 231 cm³/mol. The third kappa shape index (κ3) is 21.9. The van der Waals surface area contributed by atoms with Gasteiger partial charge in [-0.15, -0.1) is 0 Å². The molecule has 0 aromatic heterocycles. The van der Waals surface area contributed by atoms with Crippen LogP contribution in [0.4, 0.5) is 14.9 Å². The van der Waals surface area contributed by atoms with E-state index in [1.165, 1.54) is 17.7 Å². The Kier molecular flexibility index (Phi) is 23.4. The first-order chi connectivity index (χ1) is 28.9. The number of halogens is 1. The molecule has 1 unspecified atom stereocenters. The maximum absolute atomic E-state index is 13.5. The quantitative estimate of drug-likeness (QED) is 0.0434. The van der Waals surface area contributed by atoms with Crippen LogP contribution >= 0.6 is 12.2 Å². The number of aliphatic carboxylic acids is 2. The predicted octanol–water partition coefficient (Wildman–Crippen LogP) is 0.393. The van der Waals surface area contributed by atoms with Gasteiger partial charge in [0.2, 0.25) is 11.8 Å². The number of rotatable bonds is 22. The van der Waals surface area contributed by atoms with E-state index in [0.717, 1.165) is 70.8 Å². The van der Waals surface area contributed by atoms with Crippen molar-refractivity contribution in [2.75, 3.05) is 70.8 Å². The van der Waals surface area contributed by atoms with Gasteiger partial charge >= 0.3 is 18.0 Å². The number of hydrogen-bond donors (Lipinski definition) is 12. The Hall–Kier alpha value is -4.99. The molecule has 1 fully saturated rings. The number of carbonyl (C=O) groups is 5. The minimum atomic E-state index is -1.28. The summed E-state index contributed by atoms with van der Waals surface area (Å²) in [5, 5.41) is 47.2. The summed E-state index contributed by atoms with van der Waals surface area (Å²) in [5.74, 6) is 2.34. The van der Waals surface area contributed by atoms with Crippen molar-refractivity contribution in [2.45, 2.75) is 75.9 Å². The number of anilines is 1. The normalized spacial score (nSPS) is 16.1. The molecule has 1 heterocycles. The Morgan fingerprint density at radius 2 is 1.48 bits per heavy atom. The summed E-state index contributed by atoms with van der Waals surface area (Å²) in [4.78, 5) is 60.0. The molecule has 0 saturated carbocycles. The molecule has 18 nitrogen and oxygen atoms in total. The molecule has 0 spiro atoms. The van der Waals surface area contributed by atoms with Gasteiger partial charge in [-0.2, -0.15) is 0 Å². The molecule has 0 radical (unpaired) electrons. The highest BCUT2D eigenvalue weighted by atomic mass is 32.1. The summed E-state index contributed by atoms with van der Waals surface area (Å²) in [6.45, 7) is 6.03. The van der Waals surface area contributed by atoms with Gasteiger partial charge in [0.15, 0.2) is 5.11 Å². The maximum Gasteiger partial charge on any atom is 0.326 e. The summed E-state index contributed by atoms with van der Waals surface area (Å²) in [5.41, 5.74) is 2.74. The maximum atomic E-state index is 13.5. The van der Waals surface area contributed by atoms with Crippen molar-refractivity contribution in [2.24, 2.45) is 5.84 Å². The van der Waals surface area contributed by atoms with Gasteiger partial charge in [-0.25, -0.2) is 19.0 Å². The van der Waals surface area contributed by atoms with Crippen LogP contribution < -0.4 is 53.7 Å². The Morgan fingerprint density at radius 3 is 2.22 bits per heavy atom. The second-order valence-electron chi connectivity index (χ2n) is 14.6. The van der Waals surface area contributed by atoms with E-state index in [9.17, 15) is 33.5 Å². The van der Waals surface area contributed by atoms with Crippen LogP contribution in [0.25, 0.3) is 0 Å². The van der Waals surface area contributed by atoms with Crippen molar-refractivity contribution in [3.63, 3.8) is 0 Å². The van der Waals surface area contributed by atoms with Gasteiger partial charge in [0.05, 0.1) is 0 Å². The molecule has 332 valence electrons. The molecular weight excluding hydrogens is 798 g/mol. The molecule has 60 heavy (non-hydrogen) atoms. The van der Waals surface area contributed by atoms with E-state index in [1.807, 2.05) is 22.5 Å². The lowest BCUT2D eigenvalue weighted by Gasteiger charge is -2.23. The number of hydrogen-bond acceptors (Lipinski definition) is 11. The topological polar surface area (TPSA) is 263 Å². The summed E-state index contributed by atoms with van der Waals surface area (Å²) in [6.07, 6.45) is 4.01. The van der Waals surface area contributed by atoms with Crippen LogP contribution in [-0.2, 0) is 32.0 Å². The van der Waals surface area contributed by atoms with Crippen LogP contribution in [0, 0.1) is 5.82 Å². The zero-order valence-electron chi connectivity index (χ0n) is 34.0. The molecule has 0 bridgehead atoms. The first-order valence-electron chi connectivity index (χ1n) is 20.5. The minimum absolute atomic E-state index is 0.0405. The Labute approximate surface area is 356 Å². The SMILES string of the molecule is NN1CCNCCNCC(Cc2ccc(NC(=S)NCCCCCC(=O)N[C@@H](Cc3ccc(F)cc3)C(=O)NCCCC[C@H](NC(=O)NCC(=O)O)C(=O)O)cc2)NCC1. The molecule has 0 aliphatic carbocycles. The number of hydrazine groups is 1. The number of carbonyl (C=O) groups excluding carboxylic acids is 3. The van der Waals surface area contributed by atoms with Crippen LogP contribution in [0.5, 0.6) is 0 Å². The largest absolute Gasteiger partial charge is 0.480 e. The van der Waals surface area contributed by atoms with E-state index in [0.29, 0.717) is 36.5 Å². The van der Waals surface area contributed by atoms with Crippen molar-refractivity contribution < 1.29 is 38.6 Å². The van der Waals surface area contributed by atoms with E-state index >= 15 is 0 Å². The van der Waals surface area contributed by atoms with Gasteiger partial charge in [-0.1, -0.05) is 30.7 Å². The number of thiocarbonyl (C=S) groups is 1. The number of amides is 4.